The molecule has 1 amide bonds. The number of nitrogens with one attached hydrogen (secondary N) is 1. The summed E-state index contributed by atoms with van der Waals surface area (Å²) in [5.74, 6) is -0.421. The Morgan fingerprint density at radius 3 is 2.73 bits per heavy atom. The molecule has 3 rings (SSSR count). The van der Waals surface area contributed by atoms with Gasteiger partial charge in [-0.25, -0.2) is 9.87 Å². The van der Waals surface area contributed by atoms with Gasteiger partial charge in [-0.1, -0.05) is 23.4 Å². The van der Waals surface area contributed by atoms with Crippen LogP contribution in [0.25, 0.3) is 11.1 Å². The average molecular weight is 434 g/mol. The molecule has 3 unspecified atom stereocenters. The summed E-state index contributed by atoms with van der Waals surface area (Å²) in [7, 11) is 1.58. The van der Waals surface area contributed by atoms with Crippen molar-refractivity contribution >= 4 is 22.8 Å². The number of hydroxylamine groups is 1. The third-order valence-corrected chi connectivity index (χ3v) is 6.25. The second kappa shape index (κ2) is 9.46. The lowest BCUT2D eigenvalue weighted by Gasteiger charge is -2.18. The molecule has 160 valence electrons. The van der Waals surface area contributed by atoms with E-state index >= 15 is 0 Å². The molecule has 0 bridgehead atoms. The van der Waals surface area contributed by atoms with Crippen LogP contribution >= 0.6 is 0 Å². The minimum absolute atomic E-state index is 0.119. The summed E-state index contributed by atoms with van der Waals surface area (Å²) in [6.45, 7) is 1.89. The fourth-order valence-electron chi connectivity index (χ4n) is 3.41. The maximum absolute atomic E-state index is 14.9. The summed E-state index contributed by atoms with van der Waals surface area (Å²) in [4.78, 5) is 17.0. The summed E-state index contributed by atoms with van der Waals surface area (Å²) < 4.78 is 31.8. The molecule has 2 aromatic carbocycles. The summed E-state index contributed by atoms with van der Waals surface area (Å²) in [6, 6.07) is 10.3. The molecule has 1 heterocycles. The number of rotatable bonds is 7. The van der Waals surface area contributed by atoms with Gasteiger partial charge in [0, 0.05) is 24.0 Å². The van der Waals surface area contributed by atoms with E-state index in [1.165, 1.54) is 17.8 Å². The SMILES string of the molecule is COc1ccc(-c2ccc(C3=NOC(CC(C(=O)NO)[S+](C)[O-])C3)cc2F)c(C)c1. The Morgan fingerprint density at radius 2 is 2.13 bits per heavy atom. The molecule has 0 fully saturated rings. The van der Waals surface area contributed by atoms with Crippen molar-refractivity contribution in [1.82, 2.24) is 5.48 Å². The molecular formula is C21H23FN2O5S. The number of ether oxygens (including phenoxy) is 1. The van der Waals surface area contributed by atoms with Gasteiger partial charge in [-0.2, -0.15) is 0 Å². The van der Waals surface area contributed by atoms with Crippen molar-refractivity contribution in [2.45, 2.75) is 31.1 Å². The molecule has 0 radical (unpaired) electrons. The topological polar surface area (TPSA) is 103 Å². The molecule has 1 aliphatic rings. The van der Waals surface area contributed by atoms with Crippen molar-refractivity contribution in [3.8, 4) is 16.9 Å². The van der Waals surface area contributed by atoms with E-state index in [0.29, 0.717) is 29.0 Å². The molecule has 2 N–H and O–H groups in total. The van der Waals surface area contributed by atoms with Gasteiger partial charge in [0.05, 0.1) is 19.1 Å². The zero-order chi connectivity index (χ0) is 21.8. The lowest BCUT2D eigenvalue weighted by Crippen LogP contribution is -2.40. The Balaban J connectivity index is 1.74. The van der Waals surface area contributed by atoms with E-state index < -0.39 is 28.4 Å². The zero-order valence-electron chi connectivity index (χ0n) is 16.8. The first-order valence-electron chi connectivity index (χ1n) is 9.27. The summed E-state index contributed by atoms with van der Waals surface area (Å²) >= 11 is -1.49. The molecular weight excluding hydrogens is 411 g/mol. The van der Waals surface area contributed by atoms with Gasteiger partial charge in [0.2, 0.25) is 0 Å². The van der Waals surface area contributed by atoms with Crippen molar-refractivity contribution in [2.75, 3.05) is 13.4 Å². The molecule has 0 aliphatic carbocycles. The smallest absolute Gasteiger partial charge is 0.296 e. The van der Waals surface area contributed by atoms with E-state index in [9.17, 15) is 13.7 Å². The van der Waals surface area contributed by atoms with Crippen molar-refractivity contribution in [3.63, 3.8) is 0 Å². The fraction of sp³-hybridized carbons (Fsp3) is 0.333. The van der Waals surface area contributed by atoms with Crippen molar-refractivity contribution in [3.05, 3.63) is 53.3 Å². The summed E-state index contributed by atoms with van der Waals surface area (Å²) in [6.07, 6.45) is 1.35. The molecule has 3 atom stereocenters. The number of aryl methyl sites for hydroxylation is 1. The molecule has 0 saturated carbocycles. The molecule has 9 heteroatoms. The minimum Gasteiger partial charge on any atom is -0.616 e. The molecule has 7 nitrogen and oxygen atoms in total. The van der Waals surface area contributed by atoms with E-state index in [4.69, 9.17) is 14.8 Å². The summed E-state index contributed by atoms with van der Waals surface area (Å²) in [5, 5.41) is 11.9. The second-order valence-corrected chi connectivity index (χ2v) is 8.61. The molecule has 0 spiro atoms. The number of methoxy groups -OCH3 is 1. The minimum atomic E-state index is -1.49. The standard InChI is InChI=1S/C21H23FN2O5S/c1-12-8-14(28-2)5-7-16(12)17-6-4-13(9-18(17)22)19-10-15(29-24-19)11-20(30(3)27)21(25)23-26/h4-9,15,20,26H,10-11H2,1-3H3,(H,23,25). The highest BCUT2D eigenvalue weighted by Gasteiger charge is 2.34. The van der Waals surface area contributed by atoms with E-state index in [1.807, 2.05) is 19.1 Å². The van der Waals surface area contributed by atoms with Crippen LogP contribution in [-0.2, 0) is 20.8 Å². The van der Waals surface area contributed by atoms with Gasteiger partial charge in [0.25, 0.3) is 5.91 Å². The quantitative estimate of drug-likeness (QED) is 0.396. The normalized spacial score (nSPS) is 17.7. The first-order chi connectivity index (χ1) is 14.3. The van der Waals surface area contributed by atoms with Crippen LogP contribution in [0.2, 0.25) is 0 Å². The van der Waals surface area contributed by atoms with Crippen LogP contribution in [0.3, 0.4) is 0 Å². The van der Waals surface area contributed by atoms with Crippen LogP contribution in [0, 0.1) is 12.7 Å². The van der Waals surface area contributed by atoms with Gasteiger partial charge in [-0.15, -0.1) is 0 Å². The third kappa shape index (κ3) is 4.75. The van der Waals surface area contributed by atoms with Gasteiger partial charge in [-0.05, 0) is 47.4 Å². The number of halogens is 1. The van der Waals surface area contributed by atoms with Crippen molar-refractivity contribution in [1.29, 1.82) is 0 Å². The number of nitrogens with zero attached hydrogens (tertiary/aromatic N) is 1. The number of carbonyl (C=O) groups is 1. The van der Waals surface area contributed by atoms with Crippen molar-refractivity contribution in [2.24, 2.45) is 5.16 Å². The first kappa shape index (κ1) is 22.1. The van der Waals surface area contributed by atoms with Crippen molar-refractivity contribution < 1.29 is 28.5 Å². The number of hydrogen-bond donors (Lipinski definition) is 2. The highest BCUT2D eigenvalue weighted by atomic mass is 32.2. The third-order valence-electron chi connectivity index (χ3n) is 5.04. The van der Waals surface area contributed by atoms with Gasteiger partial charge < -0.3 is 14.1 Å². The Kier molecular flexibility index (Phi) is 6.96. The van der Waals surface area contributed by atoms with E-state index in [1.54, 1.807) is 25.3 Å². The monoisotopic (exact) mass is 434 g/mol. The van der Waals surface area contributed by atoms with Crippen LogP contribution in [0.1, 0.15) is 24.0 Å². The number of oxime groups is 1. The second-order valence-electron chi connectivity index (χ2n) is 7.04. The molecule has 0 aromatic heterocycles. The first-order valence-corrected chi connectivity index (χ1v) is 10.9. The molecule has 2 aromatic rings. The molecule has 0 saturated heterocycles. The lowest BCUT2D eigenvalue weighted by molar-refractivity contribution is -0.129. The number of hydrogen-bond acceptors (Lipinski definition) is 6. The number of carbonyl (C=O) groups excluding carboxylic acids is 1. The molecule has 1 aliphatic heterocycles. The van der Waals surface area contributed by atoms with Gasteiger partial charge >= 0.3 is 0 Å². The Bertz CT molecular complexity index is 966. The summed E-state index contributed by atoms with van der Waals surface area (Å²) in [5.41, 5.74) is 4.77. The fourth-order valence-corrected chi connectivity index (χ4v) is 4.25. The Labute approximate surface area is 177 Å². The van der Waals surface area contributed by atoms with Gasteiger partial charge in [0.1, 0.15) is 17.7 Å². The number of amides is 1. The Hall–Kier alpha value is -2.62. The maximum atomic E-state index is 14.9. The highest BCUT2D eigenvalue weighted by molar-refractivity contribution is 7.92. The lowest BCUT2D eigenvalue weighted by atomic mass is 9.96. The number of benzene rings is 2. The van der Waals surface area contributed by atoms with Crippen LogP contribution < -0.4 is 10.2 Å². The van der Waals surface area contributed by atoms with Gasteiger partial charge in [0.15, 0.2) is 5.25 Å². The van der Waals surface area contributed by atoms with E-state index in [-0.39, 0.29) is 12.2 Å². The van der Waals surface area contributed by atoms with Crippen LogP contribution in [0.15, 0.2) is 41.6 Å². The van der Waals surface area contributed by atoms with Gasteiger partial charge in [-0.3, -0.25) is 10.0 Å². The van der Waals surface area contributed by atoms with E-state index in [0.717, 1.165) is 11.1 Å². The van der Waals surface area contributed by atoms with Crippen LogP contribution in [-0.4, -0.2) is 46.1 Å². The van der Waals surface area contributed by atoms with Crippen LogP contribution in [0.4, 0.5) is 4.39 Å². The molecule has 30 heavy (non-hydrogen) atoms. The Morgan fingerprint density at radius 1 is 1.40 bits per heavy atom. The van der Waals surface area contributed by atoms with E-state index in [2.05, 4.69) is 5.16 Å². The predicted molar refractivity (Wildman–Crippen MR) is 112 cm³/mol. The zero-order valence-corrected chi connectivity index (χ0v) is 17.7. The predicted octanol–water partition coefficient (Wildman–Crippen LogP) is 2.95. The van der Waals surface area contributed by atoms with Crippen LogP contribution in [0.5, 0.6) is 5.75 Å². The average Bonchev–Trinajstić information content (AvgIpc) is 3.20. The maximum Gasteiger partial charge on any atom is 0.296 e. The highest BCUT2D eigenvalue weighted by Crippen LogP contribution is 2.30. The largest absolute Gasteiger partial charge is 0.616 e.